The SMILES string of the molecule is CC(C)CN(CC(N)=O)CC(=O)N[C@@H]1CCC[C@H](C(F)(F)F)C1. The van der Waals surface area contributed by atoms with Crippen molar-refractivity contribution >= 4 is 11.8 Å². The Morgan fingerprint density at radius 3 is 2.43 bits per heavy atom. The molecule has 1 aliphatic rings. The fraction of sp³-hybridized carbons (Fsp3) is 0.867. The summed E-state index contributed by atoms with van der Waals surface area (Å²) in [5.41, 5.74) is 5.16. The molecule has 1 rings (SSSR count). The predicted molar refractivity (Wildman–Crippen MR) is 80.4 cm³/mol. The van der Waals surface area contributed by atoms with E-state index in [1.807, 2.05) is 13.8 Å². The number of carbonyl (C=O) groups is 2. The van der Waals surface area contributed by atoms with Crippen LogP contribution in [0.5, 0.6) is 0 Å². The summed E-state index contributed by atoms with van der Waals surface area (Å²) in [6.07, 6.45) is -3.16. The number of halogens is 3. The second-order valence-corrected chi connectivity index (χ2v) is 6.70. The Balaban J connectivity index is 2.51. The van der Waals surface area contributed by atoms with E-state index in [1.165, 1.54) is 0 Å². The molecule has 0 saturated heterocycles. The van der Waals surface area contributed by atoms with Crippen molar-refractivity contribution in [2.75, 3.05) is 19.6 Å². The summed E-state index contributed by atoms with van der Waals surface area (Å²) in [6, 6.07) is -0.461. The van der Waals surface area contributed by atoms with Crippen molar-refractivity contribution < 1.29 is 22.8 Å². The number of carbonyl (C=O) groups excluding carboxylic acids is 2. The van der Waals surface area contributed by atoms with Crippen LogP contribution in [0.25, 0.3) is 0 Å². The summed E-state index contributed by atoms with van der Waals surface area (Å²) in [5.74, 6) is -2.00. The first kappa shape index (κ1) is 19.7. The van der Waals surface area contributed by atoms with Crippen molar-refractivity contribution in [2.45, 2.75) is 51.7 Å². The number of primary amides is 1. The highest BCUT2D eigenvalue weighted by Gasteiger charge is 2.42. The smallest absolute Gasteiger partial charge is 0.369 e. The van der Waals surface area contributed by atoms with Gasteiger partial charge in [-0.15, -0.1) is 0 Å². The lowest BCUT2D eigenvalue weighted by Gasteiger charge is -2.31. The number of amides is 2. The van der Waals surface area contributed by atoms with E-state index >= 15 is 0 Å². The van der Waals surface area contributed by atoms with Crippen LogP contribution in [-0.2, 0) is 9.59 Å². The first-order valence-corrected chi connectivity index (χ1v) is 7.94. The molecule has 1 saturated carbocycles. The Hall–Kier alpha value is -1.31. The normalized spacial score (nSPS) is 22.4. The van der Waals surface area contributed by atoms with Gasteiger partial charge in [0.2, 0.25) is 11.8 Å². The van der Waals surface area contributed by atoms with Gasteiger partial charge < -0.3 is 11.1 Å². The van der Waals surface area contributed by atoms with Crippen LogP contribution in [0.2, 0.25) is 0 Å². The van der Waals surface area contributed by atoms with E-state index < -0.39 is 24.0 Å². The largest absolute Gasteiger partial charge is 0.391 e. The standard InChI is InChI=1S/C15H26F3N3O2/c1-10(2)7-21(8-13(19)22)9-14(23)20-12-5-3-4-11(6-12)15(16,17)18/h10-12H,3-9H2,1-2H3,(H2,19,22)(H,20,23)/t11-,12+/m0/s1. The third-order valence-electron chi connectivity index (χ3n) is 3.87. The van der Waals surface area contributed by atoms with Gasteiger partial charge in [0.15, 0.2) is 0 Å². The van der Waals surface area contributed by atoms with Gasteiger partial charge in [-0.1, -0.05) is 20.3 Å². The number of nitrogens with one attached hydrogen (secondary N) is 1. The van der Waals surface area contributed by atoms with Crippen molar-refractivity contribution in [3.05, 3.63) is 0 Å². The monoisotopic (exact) mass is 337 g/mol. The second kappa shape index (κ2) is 8.52. The maximum atomic E-state index is 12.8. The third-order valence-corrected chi connectivity index (χ3v) is 3.87. The van der Waals surface area contributed by atoms with Crippen molar-refractivity contribution in [3.63, 3.8) is 0 Å². The molecule has 2 atom stereocenters. The van der Waals surface area contributed by atoms with Gasteiger partial charge in [-0.05, 0) is 25.2 Å². The van der Waals surface area contributed by atoms with Crippen LogP contribution in [0.4, 0.5) is 13.2 Å². The summed E-state index contributed by atoms with van der Waals surface area (Å²) < 4.78 is 38.3. The minimum Gasteiger partial charge on any atom is -0.369 e. The fourth-order valence-electron chi connectivity index (χ4n) is 3.02. The van der Waals surface area contributed by atoms with E-state index in [2.05, 4.69) is 5.32 Å². The Bertz CT molecular complexity index is 413. The average Bonchev–Trinajstić information content (AvgIpc) is 2.35. The molecule has 0 aromatic heterocycles. The van der Waals surface area contributed by atoms with Gasteiger partial charge in [0.05, 0.1) is 19.0 Å². The number of nitrogens with two attached hydrogens (primary N) is 1. The van der Waals surface area contributed by atoms with Gasteiger partial charge in [-0.25, -0.2) is 0 Å². The maximum Gasteiger partial charge on any atom is 0.391 e. The topological polar surface area (TPSA) is 75.4 Å². The second-order valence-electron chi connectivity index (χ2n) is 6.70. The van der Waals surface area contributed by atoms with Crippen molar-refractivity contribution in [1.29, 1.82) is 0 Å². The molecular weight excluding hydrogens is 311 g/mol. The predicted octanol–water partition coefficient (Wildman–Crippen LogP) is 1.67. The van der Waals surface area contributed by atoms with Crippen LogP contribution < -0.4 is 11.1 Å². The highest BCUT2D eigenvalue weighted by atomic mass is 19.4. The van der Waals surface area contributed by atoms with E-state index in [4.69, 9.17) is 5.73 Å². The van der Waals surface area contributed by atoms with E-state index in [0.29, 0.717) is 19.4 Å². The van der Waals surface area contributed by atoms with E-state index in [0.717, 1.165) is 0 Å². The van der Waals surface area contributed by atoms with Crippen LogP contribution >= 0.6 is 0 Å². The van der Waals surface area contributed by atoms with Gasteiger partial charge in [-0.3, -0.25) is 14.5 Å². The van der Waals surface area contributed by atoms with Gasteiger partial charge in [-0.2, -0.15) is 13.2 Å². The molecule has 0 aromatic rings. The average molecular weight is 337 g/mol. The van der Waals surface area contributed by atoms with Gasteiger partial charge in [0, 0.05) is 12.6 Å². The summed E-state index contributed by atoms with van der Waals surface area (Å²) >= 11 is 0. The molecule has 2 amide bonds. The lowest BCUT2D eigenvalue weighted by Crippen LogP contribution is -2.47. The Labute approximate surface area is 134 Å². The van der Waals surface area contributed by atoms with E-state index in [-0.39, 0.29) is 37.8 Å². The van der Waals surface area contributed by atoms with E-state index in [1.54, 1.807) is 4.90 Å². The van der Waals surface area contributed by atoms with Crippen molar-refractivity contribution in [2.24, 2.45) is 17.6 Å². The van der Waals surface area contributed by atoms with Crippen LogP contribution in [0.1, 0.15) is 39.5 Å². The number of hydrogen-bond donors (Lipinski definition) is 2. The van der Waals surface area contributed by atoms with Crippen LogP contribution in [0.15, 0.2) is 0 Å². The number of hydrogen-bond acceptors (Lipinski definition) is 3. The first-order chi connectivity index (χ1) is 10.6. The number of alkyl halides is 3. The molecular formula is C15H26F3N3O2. The highest BCUT2D eigenvalue weighted by Crippen LogP contribution is 2.37. The molecule has 0 aliphatic heterocycles. The minimum absolute atomic E-state index is 0.0334. The maximum absolute atomic E-state index is 12.8. The summed E-state index contributed by atoms with van der Waals surface area (Å²) in [7, 11) is 0. The lowest BCUT2D eigenvalue weighted by molar-refractivity contribution is -0.184. The molecule has 134 valence electrons. The molecule has 8 heteroatoms. The zero-order valence-electron chi connectivity index (χ0n) is 13.7. The molecule has 0 bridgehead atoms. The lowest BCUT2D eigenvalue weighted by atomic mass is 9.85. The fourth-order valence-corrected chi connectivity index (χ4v) is 3.02. The Kier molecular flexibility index (Phi) is 7.31. The summed E-state index contributed by atoms with van der Waals surface area (Å²) in [6.45, 7) is 4.34. The molecule has 3 N–H and O–H groups in total. The molecule has 0 spiro atoms. The van der Waals surface area contributed by atoms with Gasteiger partial charge in [0.1, 0.15) is 0 Å². The molecule has 0 heterocycles. The molecule has 1 fully saturated rings. The zero-order chi connectivity index (χ0) is 17.6. The molecule has 0 unspecified atom stereocenters. The van der Waals surface area contributed by atoms with Crippen molar-refractivity contribution in [1.82, 2.24) is 10.2 Å². The zero-order valence-corrected chi connectivity index (χ0v) is 13.7. The van der Waals surface area contributed by atoms with E-state index in [9.17, 15) is 22.8 Å². The third kappa shape index (κ3) is 7.67. The van der Waals surface area contributed by atoms with Crippen molar-refractivity contribution in [3.8, 4) is 0 Å². The molecule has 23 heavy (non-hydrogen) atoms. The summed E-state index contributed by atoms with van der Waals surface area (Å²) in [5, 5.41) is 2.67. The molecule has 5 nitrogen and oxygen atoms in total. The Morgan fingerprint density at radius 2 is 1.91 bits per heavy atom. The number of nitrogens with zero attached hydrogens (tertiary/aromatic N) is 1. The highest BCUT2D eigenvalue weighted by molar-refractivity contribution is 5.80. The minimum atomic E-state index is -4.21. The molecule has 0 aromatic carbocycles. The Morgan fingerprint density at radius 1 is 1.26 bits per heavy atom. The van der Waals surface area contributed by atoms with Gasteiger partial charge in [0.25, 0.3) is 0 Å². The van der Waals surface area contributed by atoms with Crippen LogP contribution in [-0.4, -0.2) is 48.6 Å². The quantitative estimate of drug-likeness (QED) is 0.742. The summed E-state index contributed by atoms with van der Waals surface area (Å²) in [4.78, 5) is 24.7. The van der Waals surface area contributed by atoms with Crippen LogP contribution in [0, 0.1) is 11.8 Å². The number of rotatable bonds is 7. The molecule has 1 aliphatic carbocycles. The van der Waals surface area contributed by atoms with Crippen LogP contribution in [0.3, 0.4) is 0 Å². The molecule has 0 radical (unpaired) electrons. The van der Waals surface area contributed by atoms with Gasteiger partial charge >= 0.3 is 6.18 Å². The first-order valence-electron chi connectivity index (χ1n) is 7.94.